The molecule has 8 heteroatoms. The Morgan fingerprint density at radius 1 is 1.23 bits per heavy atom. The van der Waals surface area contributed by atoms with Gasteiger partial charge in [-0.25, -0.2) is 8.42 Å². The van der Waals surface area contributed by atoms with E-state index >= 15 is 0 Å². The number of hydrogen-bond donors (Lipinski definition) is 1. The van der Waals surface area contributed by atoms with Crippen LogP contribution in [0.3, 0.4) is 0 Å². The fourth-order valence-electron chi connectivity index (χ4n) is 2.47. The summed E-state index contributed by atoms with van der Waals surface area (Å²) in [5.41, 5.74) is 0. The van der Waals surface area contributed by atoms with Crippen molar-refractivity contribution in [2.75, 3.05) is 19.1 Å². The number of carbonyl (C=O) groups is 1. The van der Waals surface area contributed by atoms with Crippen LogP contribution in [0.15, 0.2) is 51.8 Å². The second-order valence-corrected chi connectivity index (χ2v) is 8.67. The van der Waals surface area contributed by atoms with Crippen LogP contribution in [0.25, 0.3) is 0 Å². The highest BCUT2D eigenvalue weighted by Gasteiger charge is 2.28. The quantitative estimate of drug-likeness (QED) is 0.705. The number of aryl methyl sites for hydroxylation is 1. The predicted octanol–water partition coefficient (Wildman–Crippen LogP) is 2.65. The first kappa shape index (κ1) is 20.5. The molecule has 0 saturated heterocycles. The molecule has 0 fully saturated rings. The summed E-state index contributed by atoms with van der Waals surface area (Å²) in [7, 11) is -2.13. The lowest BCUT2D eigenvalue weighted by molar-refractivity contribution is -0.132. The van der Waals surface area contributed by atoms with Gasteiger partial charge in [0, 0.05) is 7.05 Å². The molecule has 0 radical (unpaired) electrons. The average Bonchev–Trinajstić information content (AvgIpc) is 3.03. The molecule has 2 rings (SSSR count). The molecule has 0 bridgehead atoms. The fraction of sp³-hybridized carbons (Fsp3) is 0.389. The van der Waals surface area contributed by atoms with E-state index in [4.69, 9.17) is 4.42 Å². The number of benzene rings is 1. The first-order chi connectivity index (χ1) is 12.3. The number of hydrogen-bond acceptors (Lipinski definition) is 5. The summed E-state index contributed by atoms with van der Waals surface area (Å²) in [5.74, 6) is 1.81. The molecule has 6 nitrogen and oxygen atoms in total. The number of furan rings is 1. The molecule has 1 aromatic heterocycles. The highest BCUT2D eigenvalue weighted by Crippen LogP contribution is 2.14. The van der Waals surface area contributed by atoms with Crippen LogP contribution in [0.4, 0.5) is 0 Å². The normalized spacial score (nSPS) is 12.7. The third-order valence-electron chi connectivity index (χ3n) is 3.82. The van der Waals surface area contributed by atoms with Gasteiger partial charge in [-0.15, -0.1) is 0 Å². The van der Waals surface area contributed by atoms with Gasteiger partial charge in [0.05, 0.1) is 11.4 Å². The highest BCUT2D eigenvalue weighted by molar-refractivity contribution is 7.98. The van der Waals surface area contributed by atoms with Crippen molar-refractivity contribution in [1.82, 2.24) is 9.62 Å². The zero-order valence-electron chi connectivity index (χ0n) is 15.1. The van der Waals surface area contributed by atoms with Gasteiger partial charge in [0.2, 0.25) is 15.9 Å². The lowest BCUT2D eigenvalue weighted by Crippen LogP contribution is -2.47. The summed E-state index contributed by atoms with van der Waals surface area (Å²) in [6.45, 7) is 2.12. The van der Waals surface area contributed by atoms with Crippen molar-refractivity contribution in [3.05, 3.63) is 54.0 Å². The number of likely N-dealkylation sites (N-methyl/N-ethyl adjacent to an activating group) is 1. The zero-order valence-corrected chi connectivity index (χ0v) is 16.8. The van der Waals surface area contributed by atoms with E-state index in [2.05, 4.69) is 4.72 Å². The van der Waals surface area contributed by atoms with Crippen molar-refractivity contribution in [2.24, 2.45) is 0 Å². The Labute approximate surface area is 159 Å². The molecule has 1 unspecified atom stereocenters. The number of carbonyl (C=O) groups excluding carboxylic acids is 1. The molecule has 0 saturated carbocycles. The minimum Gasteiger partial charge on any atom is -0.464 e. The van der Waals surface area contributed by atoms with Crippen LogP contribution >= 0.6 is 11.8 Å². The van der Waals surface area contributed by atoms with Crippen LogP contribution in [0.5, 0.6) is 0 Å². The van der Waals surface area contributed by atoms with Crippen LogP contribution in [0, 0.1) is 6.92 Å². The molecule has 0 aliphatic heterocycles. The van der Waals surface area contributed by atoms with Crippen molar-refractivity contribution in [3.8, 4) is 0 Å². The van der Waals surface area contributed by atoms with E-state index in [0.717, 1.165) is 5.76 Å². The third kappa shape index (κ3) is 5.62. The molecule has 1 heterocycles. The number of nitrogens with one attached hydrogen (secondary N) is 1. The van der Waals surface area contributed by atoms with Crippen LogP contribution in [0.1, 0.15) is 17.9 Å². The maximum atomic E-state index is 12.8. The van der Waals surface area contributed by atoms with E-state index in [-0.39, 0.29) is 17.3 Å². The van der Waals surface area contributed by atoms with Crippen molar-refractivity contribution in [3.63, 3.8) is 0 Å². The van der Waals surface area contributed by atoms with Crippen molar-refractivity contribution in [2.45, 2.75) is 30.8 Å². The Balaban J connectivity index is 2.13. The summed E-state index contributed by atoms with van der Waals surface area (Å²) in [4.78, 5) is 14.4. The van der Waals surface area contributed by atoms with E-state index in [1.165, 1.54) is 17.0 Å². The van der Waals surface area contributed by atoms with E-state index < -0.39 is 16.1 Å². The Kier molecular flexibility index (Phi) is 7.31. The van der Waals surface area contributed by atoms with Crippen LogP contribution in [-0.2, 0) is 21.4 Å². The number of amides is 1. The fourth-order valence-corrected chi connectivity index (χ4v) is 4.19. The molecule has 1 amide bonds. The molecule has 0 aliphatic rings. The van der Waals surface area contributed by atoms with Crippen molar-refractivity contribution in [1.29, 1.82) is 0 Å². The second-order valence-electron chi connectivity index (χ2n) is 5.98. The summed E-state index contributed by atoms with van der Waals surface area (Å²) in [5, 5.41) is 0. The zero-order chi connectivity index (χ0) is 19.2. The van der Waals surface area contributed by atoms with E-state index in [1.807, 2.05) is 25.3 Å². The van der Waals surface area contributed by atoms with Gasteiger partial charge in [-0.05, 0) is 49.6 Å². The Morgan fingerprint density at radius 2 is 1.92 bits per heavy atom. The molecule has 1 N–H and O–H groups in total. The van der Waals surface area contributed by atoms with Gasteiger partial charge < -0.3 is 9.32 Å². The topological polar surface area (TPSA) is 79.6 Å². The molecule has 26 heavy (non-hydrogen) atoms. The van der Waals surface area contributed by atoms with Gasteiger partial charge in [-0.1, -0.05) is 18.2 Å². The van der Waals surface area contributed by atoms with Gasteiger partial charge in [-0.3, -0.25) is 4.79 Å². The molecule has 2 aromatic rings. The number of rotatable bonds is 9. The molecule has 1 aromatic carbocycles. The minimum atomic E-state index is -3.77. The first-order valence-corrected chi connectivity index (χ1v) is 11.1. The Morgan fingerprint density at radius 3 is 2.50 bits per heavy atom. The maximum Gasteiger partial charge on any atom is 0.241 e. The average molecular weight is 397 g/mol. The van der Waals surface area contributed by atoms with Gasteiger partial charge in [-0.2, -0.15) is 16.5 Å². The van der Waals surface area contributed by atoms with E-state index in [0.29, 0.717) is 17.9 Å². The molecular weight excluding hydrogens is 372 g/mol. The summed E-state index contributed by atoms with van der Waals surface area (Å²) < 4.78 is 33.2. The maximum absolute atomic E-state index is 12.8. The monoisotopic (exact) mass is 396 g/mol. The van der Waals surface area contributed by atoms with Crippen LogP contribution in [-0.4, -0.2) is 44.3 Å². The van der Waals surface area contributed by atoms with Gasteiger partial charge in [0.1, 0.15) is 17.6 Å². The van der Waals surface area contributed by atoms with E-state index in [9.17, 15) is 13.2 Å². The number of thioether (sulfide) groups is 1. The number of nitrogens with zero attached hydrogens (tertiary/aromatic N) is 1. The number of sulfonamides is 1. The molecule has 142 valence electrons. The lowest BCUT2D eigenvalue weighted by atomic mass is 10.2. The van der Waals surface area contributed by atoms with Crippen LogP contribution < -0.4 is 4.72 Å². The highest BCUT2D eigenvalue weighted by atomic mass is 32.2. The molecule has 1 atom stereocenters. The molecular formula is C18H24N2O4S2. The summed E-state index contributed by atoms with van der Waals surface area (Å²) in [6, 6.07) is 10.9. The Hall–Kier alpha value is -1.77. The SMILES string of the molecule is CSCCC(NS(=O)(=O)c1ccccc1)C(=O)N(C)Cc1ccc(C)o1. The smallest absolute Gasteiger partial charge is 0.241 e. The summed E-state index contributed by atoms with van der Waals surface area (Å²) >= 11 is 1.56. The molecule has 0 spiro atoms. The first-order valence-electron chi connectivity index (χ1n) is 8.20. The van der Waals surface area contributed by atoms with Gasteiger partial charge >= 0.3 is 0 Å². The molecule has 0 aliphatic carbocycles. The van der Waals surface area contributed by atoms with Gasteiger partial charge in [0.25, 0.3) is 0 Å². The Bertz CT molecular complexity index is 819. The van der Waals surface area contributed by atoms with Crippen molar-refractivity contribution >= 4 is 27.7 Å². The second kappa shape index (κ2) is 9.25. The third-order valence-corrected chi connectivity index (χ3v) is 5.96. The summed E-state index contributed by atoms with van der Waals surface area (Å²) in [6.07, 6.45) is 2.33. The van der Waals surface area contributed by atoms with Crippen molar-refractivity contribution < 1.29 is 17.6 Å². The minimum absolute atomic E-state index is 0.145. The van der Waals surface area contributed by atoms with E-state index in [1.54, 1.807) is 37.0 Å². The standard InChI is InChI=1S/C18H24N2O4S2/c1-14-9-10-15(24-14)13-20(2)18(21)17(11-12-25-3)19-26(22,23)16-7-5-4-6-8-16/h4-10,17,19H,11-13H2,1-3H3. The van der Waals surface area contributed by atoms with Crippen LogP contribution in [0.2, 0.25) is 0 Å². The lowest BCUT2D eigenvalue weighted by Gasteiger charge is -2.24. The largest absolute Gasteiger partial charge is 0.464 e. The van der Waals surface area contributed by atoms with Gasteiger partial charge in [0.15, 0.2) is 0 Å². The predicted molar refractivity (Wildman–Crippen MR) is 103 cm³/mol.